The number of nitro groups is 1. The van der Waals surface area contributed by atoms with E-state index in [0.717, 1.165) is 10.7 Å². The number of carbonyl (C=O) groups excluding carboxylic acids is 1. The average Bonchev–Trinajstić information content (AvgIpc) is 2.83. The minimum atomic E-state index is -0.468. The van der Waals surface area contributed by atoms with Crippen LogP contribution in [0.2, 0.25) is 0 Å². The number of Topliss-reactive ketones (excluding diaryl/α,β-unsaturated/α-hetero) is 1. The van der Waals surface area contributed by atoms with Crippen LogP contribution >= 0.6 is 11.3 Å². The van der Waals surface area contributed by atoms with Crippen LogP contribution in [0.25, 0.3) is 0 Å². The fourth-order valence-corrected chi connectivity index (χ4v) is 2.62. The number of nitrogens with zero attached hydrogens (tertiary/aromatic N) is 3. The lowest BCUT2D eigenvalue weighted by Crippen LogP contribution is -2.18. The van der Waals surface area contributed by atoms with Crippen LogP contribution in [0.5, 0.6) is 0 Å². The summed E-state index contributed by atoms with van der Waals surface area (Å²) in [5.41, 5.74) is 1.60. The molecular weight excluding hydrogens is 290 g/mol. The predicted molar refractivity (Wildman–Crippen MR) is 82.1 cm³/mol. The summed E-state index contributed by atoms with van der Waals surface area (Å²) in [6, 6.07) is 4.53. The summed E-state index contributed by atoms with van der Waals surface area (Å²) in [7, 11) is 1.77. The molecule has 7 heteroatoms. The highest BCUT2D eigenvalue weighted by Crippen LogP contribution is 2.29. The Bertz CT molecular complexity index is 697. The normalized spacial score (nSPS) is 10.4. The number of aromatic nitrogens is 1. The summed E-state index contributed by atoms with van der Waals surface area (Å²) in [5.74, 6) is -0.192. The molecule has 21 heavy (non-hydrogen) atoms. The van der Waals surface area contributed by atoms with Crippen molar-refractivity contribution in [1.82, 2.24) is 4.98 Å². The molecule has 0 bridgehead atoms. The van der Waals surface area contributed by atoms with E-state index in [9.17, 15) is 14.9 Å². The highest BCUT2D eigenvalue weighted by atomic mass is 32.1. The second-order valence-electron chi connectivity index (χ2n) is 4.73. The maximum Gasteiger partial charge on any atom is 0.293 e. The SMILES string of the molecule is CC(=O)c1ccc(N(C)Cc2csc(C)n2)c([N+](=O)[O-])c1. The topological polar surface area (TPSA) is 76.3 Å². The molecule has 0 aliphatic rings. The molecule has 0 amide bonds. The lowest BCUT2D eigenvalue weighted by molar-refractivity contribution is -0.384. The molecule has 1 heterocycles. The fourth-order valence-electron chi connectivity index (χ4n) is 2.02. The second-order valence-corrected chi connectivity index (χ2v) is 5.79. The van der Waals surface area contributed by atoms with Crippen LogP contribution < -0.4 is 4.90 Å². The van der Waals surface area contributed by atoms with Gasteiger partial charge in [-0.05, 0) is 26.0 Å². The number of thiazole rings is 1. The minimum Gasteiger partial charge on any atom is -0.363 e. The van der Waals surface area contributed by atoms with Crippen LogP contribution in [0.15, 0.2) is 23.6 Å². The van der Waals surface area contributed by atoms with E-state index in [4.69, 9.17) is 0 Å². The quantitative estimate of drug-likeness (QED) is 0.481. The largest absolute Gasteiger partial charge is 0.363 e. The number of anilines is 1. The maximum absolute atomic E-state index is 11.4. The first-order valence-electron chi connectivity index (χ1n) is 6.30. The van der Waals surface area contributed by atoms with Crippen molar-refractivity contribution in [3.8, 4) is 0 Å². The van der Waals surface area contributed by atoms with Gasteiger partial charge in [0.15, 0.2) is 5.78 Å². The highest BCUT2D eigenvalue weighted by Gasteiger charge is 2.19. The Hall–Kier alpha value is -2.28. The Morgan fingerprint density at radius 2 is 2.19 bits per heavy atom. The lowest BCUT2D eigenvalue weighted by Gasteiger charge is -2.18. The van der Waals surface area contributed by atoms with Crippen molar-refractivity contribution in [2.75, 3.05) is 11.9 Å². The van der Waals surface area contributed by atoms with E-state index >= 15 is 0 Å². The van der Waals surface area contributed by atoms with Gasteiger partial charge in [0.1, 0.15) is 5.69 Å². The van der Waals surface area contributed by atoms with Crippen LogP contribution in [0, 0.1) is 17.0 Å². The molecule has 0 atom stereocenters. The third-order valence-electron chi connectivity index (χ3n) is 3.06. The van der Waals surface area contributed by atoms with Crippen molar-refractivity contribution in [2.45, 2.75) is 20.4 Å². The van der Waals surface area contributed by atoms with E-state index in [1.165, 1.54) is 13.0 Å². The molecule has 0 aliphatic carbocycles. The molecule has 6 nitrogen and oxygen atoms in total. The Morgan fingerprint density at radius 1 is 1.48 bits per heavy atom. The van der Waals surface area contributed by atoms with E-state index in [2.05, 4.69) is 4.98 Å². The summed E-state index contributed by atoms with van der Waals surface area (Å²) >= 11 is 1.54. The molecule has 0 spiro atoms. The van der Waals surface area contributed by atoms with Crippen molar-refractivity contribution in [1.29, 1.82) is 0 Å². The monoisotopic (exact) mass is 305 g/mol. The van der Waals surface area contributed by atoms with Gasteiger partial charge in [-0.3, -0.25) is 14.9 Å². The first-order chi connectivity index (χ1) is 9.88. The number of benzene rings is 1. The summed E-state index contributed by atoms with van der Waals surface area (Å²) in [5, 5.41) is 14.1. The van der Waals surface area contributed by atoms with E-state index in [1.807, 2.05) is 12.3 Å². The molecule has 0 unspecified atom stereocenters. The predicted octanol–water partition coefficient (Wildman–Crippen LogP) is 3.20. The number of rotatable bonds is 5. The Labute approximate surface area is 126 Å². The number of aryl methyl sites for hydroxylation is 1. The second kappa shape index (κ2) is 6.01. The number of ketones is 1. The Morgan fingerprint density at radius 3 is 2.71 bits per heavy atom. The van der Waals surface area contributed by atoms with Gasteiger partial charge >= 0.3 is 0 Å². The van der Waals surface area contributed by atoms with E-state index < -0.39 is 4.92 Å². The highest BCUT2D eigenvalue weighted by molar-refractivity contribution is 7.09. The van der Waals surface area contributed by atoms with Crippen molar-refractivity contribution >= 4 is 28.5 Å². The zero-order valence-electron chi connectivity index (χ0n) is 12.0. The van der Waals surface area contributed by atoms with Crippen LogP contribution in [0.1, 0.15) is 28.0 Å². The number of nitro benzene ring substituents is 1. The van der Waals surface area contributed by atoms with Gasteiger partial charge in [0.2, 0.25) is 0 Å². The van der Waals surface area contributed by atoms with Gasteiger partial charge in [-0.25, -0.2) is 4.98 Å². The summed E-state index contributed by atoms with van der Waals surface area (Å²) in [4.78, 5) is 28.2. The average molecular weight is 305 g/mol. The standard InChI is InChI=1S/C14H15N3O3S/c1-9(18)11-4-5-13(14(6-11)17(19)20)16(3)7-12-8-21-10(2)15-12/h4-6,8H,7H2,1-3H3. The lowest BCUT2D eigenvalue weighted by atomic mass is 10.1. The molecule has 110 valence electrons. The molecule has 2 aromatic rings. The number of hydrogen-bond donors (Lipinski definition) is 0. The molecular formula is C14H15N3O3S. The van der Waals surface area contributed by atoms with Crippen molar-refractivity contribution in [2.24, 2.45) is 0 Å². The summed E-state index contributed by atoms with van der Waals surface area (Å²) in [6.45, 7) is 3.78. The Kier molecular flexibility index (Phi) is 4.32. The minimum absolute atomic E-state index is 0.0721. The van der Waals surface area contributed by atoms with Crippen molar-refractivity contribution in [3.63, 3.8) is 0 Å². The van der Waals surface area contributed by atoms with Crippen LogP contribution in [-0.4, -0.2) is 22.7 Å². The smallest absolute Gasteiger partial charge is 0.293 e. The molecule has 0 N–H and O–H groups in total. The first kappa shape index (κ1) is 15.1. The van der Waals surface area contributed by atoms with Gasteiger partial charge in [-0.15, -0.1) is 11.3 Å². The van der Waals surface area contributed by atoms with Crippen molar-refractivity contribution < 1.29 is 9.72 Å². The van der Waals surface area contributed by atoms with Gasteiger partial charge < -0.3 is 4.90 Å². The van der Waals surface area contributed by atoms with E-state index in [0.29, 0.717) is 17.8 Å². The molecule has 0 aliphatic heterocycles. The van der Waals surface area contributed by atoms with Gasteiger partial charge in [-0.2, -0.15) is 0 Å². The van der Waals surface area contributed by atoms with Gasteiger partial charge in [-0.1, -0.05) is 0 Å². The maximum atomic E-state index is 11.4. The zero-order valence-corrected chi connectivity index (χ0v) is 12.8. The fraction of sp³-hybridized carbons (Fsp3) is 0.286. The molecule has 0 saturated carbocycles. The van der Waals surface area contributed by atoms with Gasteiger partial charge in [0.25, 0.3) is 5.69 Å². The third kappa shape index (κ3) is 3.43. The number of carbonyl (C=O) groups is 1. The third-order valence-corrected chi connectivity index (χ3v) is 3.88. The van der Waals surface area contributed by atoms with Gasteiger partial charge in [0, 0.05) is 24.1 Å². The Balaban J connectivity index is 2.33. The molecule has 2 rings (SSSR count). The van der Waals surface area contributed by atoms with Crippen LogP contribution in [0.4, 0.5) is 11.4 Å². The van der Waals surface area contributed by atoms with E-state index in [1.54, 1.807) is 35.4 Å². The number of hydrogen-bond acceptors (Lipinski definition) is 6. The van der Waals surface area contributed by atoms with E-state index in [-0.39, 0.29) is 11.5 Å². The molecule has 1 aromatic carbocycles. The van der Waals surface area contributed by atoms with Crippen LogP contribution in [0.3, 0.4) is 0 Å². The molecule has 0 saturated heterocycles. The molecule has 1 aromatic heterocycles. The molecule has 0 radical (unpaired) electrons. The van der Waals surface area contributed by atoms with Crippen molar-refractivity contribution in [3.05, 3.63) is 50.0 Å². The zero-order chi connectivity index (χ0) is 15.6. The summed E-state index contributed by atoms with van der Waals surface area (Å²) < 4.78 is 0. The van der Waals surface area contributed by atoms with Gasteiger partial charge in [0.05, 0.1) is 22.2 Å². The summed E-state index contributed by atoms with van der Waals surface area (Å²) in [6.07, 6.45) is 0. The first-order valence-corrected chi connectivity index (χ1v) is 7.18. The van der Waals surface area contributed by atoms with Crippen LogP contribution in [-0.2, 0) is 6.54 Å². The molecule has 0 fully saturated rings.